The number of rotatable bonds is 8. The molecule has 154 valence electrons. The maximum atomic E-state index is 12.5. The third-order valence-electron chi connectivity index (χ3n) is 5.67. The Morgan fingerprint density at radius 1 is 0.931 bits per heavy atom. The molecule has 2 aromatic rings. The molecule has 4 heteroatoms. The molecule has 0 N–H and O–H groups in total. The molecule has 29 heavy (non-hydrogen) atoms. The van der Waals surface area contributed by atoms with Gasteiger partial charge in [0.05, 0.1) is 11.5 Å². The molecule has 0 atom stereocenters. The zero-order chi connectivity index (χ0) is 20.5. The smallest absolute Gasteiger partial charge is 0.338 e. The molecule has 0 aliphatic heterocycles. The van der Waals surface area contributed by atoms with Crippen molar-refractivity contribution < 1.29 is 19.1 Å². The van der Waals surface area contributed by atoms with Gasteiger partial charge in [0.15, 0.2) is 0 Å². The molecule has 0 unspecified atom stereocenters. The fourth-order valence-electron chi connectivity index (χ4n) is 3.84. The number of hydrogen-bond acceptors (Lipinski definition) is 4. The van der Waals surface area contributed by atoms with Gasteiger partial charge in [0.1, 0.15) is 12.4 Å². The number of carbonyl (C=O) groups is 2. The van der Waals surface area contributed by atoms with Crippen LogP contribution in [-0.2, 0) is 16.1 Å². The van der Waals surface area contributed by atoms with Crippen LogP contribution in [-0.4, -0.2) is 11.9 Å². The third kappa shape index (κ3) is 6.45. The van der Waals surface area contributed by atoms with Crippen LogP contribution in [0.4, 0.5) is 0 Å². The molecule has 4 nitrogen and oxygen atoms in total. The number of carbonyl (C=O) groups excluding carboxylic acids is 2. The van der Waals surface area contributed by atoms with Crippen molar-refractivity contribution in [2.45, 2.75) is 58.5 Å². The van der Waals surface area contributed by atoms with Gasteiger partial charge in [-0.3, -0.25) is 4.79 Å². The quantitative estimate of drug-likeness (QED) is 0.410. The summed E-state index contributed by atoms with van der Waals surface area (Å²) in [6.07, 6.45) is 7.85. The Morgan fingerprint density at radius 2 is 1.62 bits per heavy atom. The minimum Gasteiger partial charge on any atom is -0.457 e. The molecule has 0 spiro atoms. The Labute approximate surface area is 173 Å². The van der Waals surface area contributed by atoms with E-state index in [-0.39, 0.29) is 18.5 Å². The number of hydrogen-bond donors (Lipinski definition) is 0. The van der Waals surface area contributed by atoms with Crippen molar-refractivity contribution in [3.05, 3.63) is 65.7 Å². The molecule has 1 saturated carbocycles. The van der Waals surface area contributed by atoms with E-state index in [0.29, 0.717) is 11.3 Å². The van der Waals surface area contributed by atoms with Crippen LogP contribution in [0.25, 0.3) is 0 Å². The summed E-state index contributed by atoms with van der Waals surface area (Å²) in [7, 11) is 0. The summed E-state index contributed by atoms with van der Waals surface area (Å²) >= 11 is 0. The first-order chi connectivity index (χ1) is 14.2. The molecule has 2 aromatic carbocycles. The van der Waals surface area contributed by atoms with Gasteiger partial charge in [-0.15, -0.1) is 0 Å². The second kappa shape index (κ2) is 10.8. The van der Waals surface area contributed by atoms with Gasteiger partial charge in [0.2, 0.25) is 0 Å². The van der Waals surface area contributed by atoms with E-state index in [4.69, 9.17) is 9.47 Å². The lowest BCUT2D eigenvalue weighted by atomic mass is 9.80. The summed E-state index contributed by atoms with van der Waals surface area (Å²) in [6, 6.07) is 16.1. The molecule has 0 amide bonds. The molecule has 0 radical (unpaired) electrons. The van der Waals surface area contributed by atoms with Crippen molar-refractivity contribution in [3.8, 4) is 5.75 Å². The van der Waals surface area contributed by atoms with Crippen molar-refractivity contribution in [3.63, 3.8) is 0 Å². The van der Waals surface area contributed by atoms with Crippen molar-refractivity contribution in [2.75, 3.05) is 0 Å². The standard InChI is InChI=1S/C25H30O4/c1-2-3-7-19-10-12-22(13-11-19)25(27)29-23-16-14-21(15-17-23)24(26)28-18-20-8-5-4-6-9-20/h4-6,8-9,14-17,19,22H,2-3,7,10-13,18H2,1H3. The summed E-state index contributed by atoms with van der Waals surface area (Å²) in [4.78, 5) is 24.6. The SMILES string of the molecule is CCCCC1CCC(C(=O)Oc2ccc(C(=O)OCc3ccccc3)cc2)CC1. The van der Waals surface area contributed by atoms with Gasteiger partial charge in [-0.25, -0.2) is 4.79 Å². The summed E-state index contributed by atoms with van der Waals surface area (Å²) < 4.78 is 10.9. The van der Waals surface area contributed by atoms with Crippen LogP contribution in [0.3, 0.4) is 0 Å². The molecule has 0 aromatic heterocycles. The summed E-state index contributed by atoms with van der Waals surface area (Å²) in [5.41, 5.74) is 1.38. The van der Waals surface area contributed by atoms with Gasteiger partial charge >= 0.3 is 11.9 Å². The zero-order valence-corrected chi connectivity index (χ0v) is 17.1. The topological polar surface area (TPSA) is 52.6 Å². The van der Waals surface area contributed by atoms with Crippen LogP contribution in [0.1, 0.15) is 67.8 Å². The molecule has 1 aliphatic rings. The normalized spacial score (nSPS) is 18.8. The van der Waals surface area contributed by atoms with Crippen LogP contribution >= 0.6 is 0 Å². The van der Waals surface area contributed by atoms with Crippen LogP contribution in [0, 0.1) is 11.8 Å². The van der Waals surface area contributed by atoms with E-state index in [0.717, 1.165) is 37.2 Å². The van der Waals surface area contributed by atoms with Crippen molar-refractivity contribution in [1.29, 1.82) is 0 Å². The van der Waals surface area contributed by atoms with Crippen LogP contribution in [0.2, 0.25) is 0 Å². The maximum absolute atomic E-state index is 12.5. The Bertz CT molecular complexity index is 774. The van der Waals surface area contributed by atoms with E-state index >= 15 is 0 Å². The fourth-order valence-corrected chi connectivity index (χ4v) is 3.84. The third-order valence-corrected chi connectivity index (χ3v) is 5.67. The van der Waals surface area contributed by atoms with Crippen molar-refractivity contribution >= 4 is 11.9 Å². The van der Waals surface area contributed by atoms with Crippen molar-refractivity contribution in [1.82, 2.24) is 0 Å². The Hall–Kier alpha value is -2.62. The molecule has 0 saturated heterocycles. The van der Waals surface area contributed by atoms with Gasteiger partial charge < -0.3 is 9.47 Å². The Morgan fingerprint density at radius 3 is 2.28 bits per heavy atom. The lowest BCUT2D eigenvalue weighted by Gasteiger charge is -2.27. The lowest BCUT2D eigenvalue weighted by Crippen LogP contribution is -2.25. The average molecular weight is 395 g/mol. The van der Waals surface area contributed by atoms with E-state index in [1.807, 2.05) is 30.3 Å². The first kappa shape index (κ1) is 21.1. The number of unbranched alkanes of at least 4 members (excludes halogenated alkanes) is 1. The second-order valence-corrected chi connectivity index (χ2v) is 7.87. The van der Waals surface area contributed by atoms with E-state index < -0.39 is 5.97 Å². The molecule has 1 aliphatic carbocycles. The van der Waals surface area contributed by atoms with E-state index in [2.05, 4.69) is 6.92 Å². The van der Waals surface area contributed by atoms with Crippen LogP contribution in [0.5, 0.6) is 5.75 Å². The van der Waals surface area contributed by atoms with E-state index in [1.54, 1.807) is 24.3 Å². The molecular formula is C25H30O4. The van der Waals surface area contributed by atoms with Gasteiger partial charge in [0.25, 0.3) is 0 Å². The zero-order valence-electron chi connectivity index (χ0n) is 17.1. The largest absolute Gasteiger partial charge is 0.457 e. The van der Waals surface area contributed by atoms with E-state index in [1.165, 1.54) is 19.3 Å². The fraction of sp³-hybridized carbons (Fsp3) is 0.440. The monoisotopic (exact) mass is 394 g/mol. The molecule has 0 bridgehead atoms. The van der Waals surface area contributed by atoms with Gasteiger partial charge in [-0.05, 0) is 61.4 Å². The molecule has 1 fully saturated rings. The summed E-state index contributed by atoms with van der Waals surface area (Å²) in [5, 5.41) is 0. The number of ether oxygens (including phenoxy) is 2. The maximum Gasteiger partial charge on any atom is 0.338 e. The highest BCUT2D eigenvalue weighted by Gasteiger charge is 2.27. The highest BCUT2D eigenvalue weighted by atomic mass is 16.5. The Kier molecular flexibility index (Phi) is 7.85. The predicted molar refractivity (Wildman–Crippen MR) is 113 cm³/mol. The predicted octanol–water partition coefficient (Wildman–Crippen LogP) is 5.95. The lowest BCUT2D eigenvalue weighted by molar-refractivity contribution is -0.140. The van der Waals surface area contributed by atoms with Crippen molar-refractivity contribution in [2.24, 2.45) is 11.8 Å². The van der Waals surface area contributed by atoms with Crippen LogP contribution in [0.15, 0.2) is 54.6 Å². The highest BCUT2D eigenvalue weighted by molar-refractivity contribution is 5.89. The molecular weight excluding hydrogens is 364 g/mol. The minimum atomic E-state index is -0.392. The number of esters is 2. The van der Waals surface area contributed by atoms with Gasteiger partial charge in [-0.2, -0.15) is 0 Å². The Balaban J connectivity index is 1.45. The molecule has 0 heterocycles. The number of benzene rings is 2. The molecule has 3 rings (SSSR count). The van der Waals surface area contributed by atoms with Gasteiger partial charge in [0, 0.05) is 0 Å². The van der Waals surface area contributed by atoms with E-state index in [9.17, 15) is 9.59 Å². The van der Waals surface area contributed by atoms with Crippen LogP contribution < -0.4 is 4.74 Å². The first-order valence-corrected chi connectivity index (χ1v) is 10.7. The second-order valence-electron chi connectivity index (χ2n) is 7.87. The summed E-state index contributed by atoms with van der Waals surface area (Å²) in [5.74, 6) is 0.682. The average Bonchev–Trinajstić information content (AvgIpc) is 2.77. The first-order valence-electron chi connectivity index (χ1n) is 10.7. The summed E-state index contributed by atoms with van der Waals surface area (Å²) in [6.45, 7) is 2.45. The minimum absolute atomic E-state index is 0.0107. The highest BCUT2D eigenvalue weighted by Crippen LogP contribution is 2.32. The van der Waals surface area contributed by atoms with Gasteiger partial charge in [-0.1, -0.05) is 56.5 Å².